The number of benzene rings is 1. The molecule has 1 aromatic carbocycles. The molecule has 0 aliphatic rings. The van der Waals surface area contributed by atoms with Crippen LogP contribution in [0.3, 0.4) is 0 Å². The maximum Gasteiger partial charge on any atom is 0.211 e. The highest BCUT2D eigenvalue weighted by atomic mass is 35.5. The average molecular weight is 296 g/mol. The third kappa shape index (κ3) is 3.10. The molecule has 0 N–H and O–H groups in total. The molecule has 2 aromatic rings. The molecule has 0 fully saturated rings. The van der Waals surface area contributed by atoms with Crippen LogP contribution in [0.1, 0.15) is 26.7 Å². The van der Waals surface area contributed by atoms with Crippen molar-refractivity contribution in [3.8, 4) is 0 Å². The molecule has 0 unspecified atom stereocenters. The number of halogens is 1. The number of fused-ring (bicyclic) bond motifs is 1. The molecule has 0 saturated carbocycles. The van der Waals surface area contributed by atoms with Gasteiger partial charge in [-0.05, 0) is 31.5 Å². The van der Waals surface area contributed by atoms with Gasteiger partial charge in [0.05, 0.1) is 5.69 Å². The van der Waals surface area contributed by atoms with E-state index in [9.17, 15) is 4.79 Å². The largest absolute Gasteiger partial charge is 0.368 e. The summed E-state index contributed by atoms with van der Waals surface area (Å²) in [4.78, 5) is 14.7. The van der Waals surface area contributed by atoms with Gasteiger partial charge in [0.25, 0.3) is 0 Å². The Morgan fingerprint density at radius 2 is 2.11 bits per heavy atom. The fourth-order valence-electron chi connectivity index (χ4n) is 2.11. The number of hydrogen-bond donors (Lipinski definition) is 0. The van der Waals surface area contributed by atoms with Crippen molar-refractivity contribution in [1.29, 1.82) is 0 Å². The number of unbranched alkanes of at least 4 members (excludes halogenated alkanes) is 1. The van der Waals surface area contributed by atoms with E-state index in [1.807, 2.05) is 17.5 Å². The fourth-order valence-corrected chi connectivity index (χ4v) is 3.20. The van der Waals surface area contributed by atoms with Gasteiger partial charge >= 0.3 is 0 Å². The van der Waals surface area contributed by atoms with E-state index in [2.05, 4.69) is 18.7 Å². The van der Waals surface area contributed by atoms with Gasteiger partial charge in [-0.3, -0.25) is 4.79 Å². The molecule has 0 bridgehead atoms. The van der Waals surface area contributed by atoms with Crippen LogP contribution in [-0.4, -0.2) is 13.1 Å². The minimum Gasteiger partial charge on any atom is -0.368 e. The number of anilines is 1. The lowest BCUT2D eigenvalue weighted by Crippen LogP contribution is -2.28. The first-order chi connectivity index (χ1) is 9.17. The maximum absolute atomic E-state index is 12.6. The van der Waals surface area contributed by atoms with Crippen LogP contribution in [-0.2, 0) is 0 Å². The molecule has 0 aliphatic carbocycles. The van der Waals surface area contributed by atoms with Crippen molar-refractivity contribution in [3.05, 3.63) is 38.8 Å². The van der Waals surface area contributed by atoms with Crippen LogP contribution in [0.25, 0.3) is 10.1 Å². The summed E-state index contributed by atoms with van der Waals surface area (Å²) in [5, 5.41) is 3.31. The number of rotatable bonds is 5. The topological polar surface area (TPSA) is 20.3 Å². The summed E-state index contributed by atoms with van der Waals surface area (Å²) in [6.07, 6.45) is 2.24. The SMILES string of the molecule is CCCCN(CC)c1csc2ccc(Cl)cc2c1=O. The van der Waals surface area contributed by atoms with Crippen molar-refractivity contribution in [2.45, 2.75) is 26.7 Å². The van der Waals surface area contributed by atoms with Gasteiger partial charge in [0.15, 0.2) is 0 Å². The van der Waals surface area contributed by atoms with Gasteiger partial charge in [-0.25, -0.2) is 0 Å². The first-order valence-corrected chi connectivity index (χ1v) is 7.89. The third-order valence-corrected chi connectivity index (χ3v) is 4.41. The summed E-state index contributed by atoms with van der Waals surface area (Å²) < 4.78 is 0.990. The molecule has 1 heterocycles. The van der Waals surface area contributed by atoms with Gasteiger partial charge in [0.1, 0.15) is 0 Å². The van der Waals surface area contributed by atoms with E-state index < -0.39 is 0 Å². The lowest BCUT2D eigenvalue weighted by atomic mass is 10.2. The molecule has 0 amide bonds. The third-order valence-electron chi connectivity index (χ3n) is 3.22. The molecule has 2 rings (SSSR count). The van der Waals surface area contributed by atoms with E-state index >= 15 is 0 Å². The van der Waals surface area contributed by atoms with Crippen molar-refractivity contribution in [2.75, 3.05) is 18.0 Å². The van der Waals surface area contributed by atoms with E-state index in [-0.39, 0.29) is 5.43 Å². The van der Waals surface area contributed by atoms with Crippen molar-refractivity contribution in [1.82, 2.24) is 0 Å². The summed E-state index contributed by atoms with van der Waals surface area (Å²) in [7, 11) is 0. The first-order valence-electron chi connectivity index (χ1n) is 6.63. The summed E-state index contributed by atoms with van der Waals surface area (Å²) in [6, 6.07) is 5.51. The molecule has 0 aliphatic heterocycles. The molecular weight excluding hydrogens is 278 g/mol. The quantitative estimate of drug-likeness (QED) is 0.807. The number of nitrogens with zero attached hydrogens (tertiary/aromatic N) is 1. The lowest BCUT2D eigenvalue weighted by Gasteiger charge is -2.22. The molecule has 4 heteroatoms. The highest BCUT2D eigenvalue weighted by molar-refractivity contribution is 7.16. The smallest absolute Gasteiger partial charge is 0.211 e. The fraction of sp³-hybridized carbons (Fsp3) is 0.400. The zero-order valence-electron chi connectivity index (χ0n) is 11.3. The van der Waals surface area contributed by atoms with Crippen molar-refractivity contribution in [2.24, 2.45) is 0 Å². The second kappa shape index (κ2) is 6.40. The Balaban J connectivity index is 2.49. The van der Waals surface area contributed by atoms with Gasteiger partial charge in [-0.1, -0.05) is 24.9 Å². The minimum atomic E-state index is 0.0919. The van der Waals surface area contributed by atoms with Crippen LogP contribution in [0.4, 0.5) is 5.69 Å². The molecule has 19 heavy (non-hydrogen) atoms. The second-order valence-corrected chi connectivity index (χ2v) is 5.87. The Kier molecular flexibility index (Phi) is 4.83. The lowest BCUT2D eigenvalue weighted by molar-refractivity contribution is 0.731. The average Bonchev–Trinajstić information content (AvgIpc) is 2.42. The highest BCUT2D eigenvalue weighted by Gasteiger charge is 2.11. The molecule has 1 aromatic heterocycles. The maximum atomic E-state index is 12.6. The Morgan fingerprint density at radius 1 is 1.32 bits per heavy atom. The highest BCUT2D eigenvalue weighted by Crippen LogP contribution is 2.24. The Hall–Kier alpha value is -1.06. The van der Waals surface area contributed by atoms with Gasteiger partial charge in [-0.15, -0.1) is 11.3 Å². The van der Waals surface area contributed by atoms with Gasteiger partial charge in [-0.2, -0.15) is 0 Å². The Labute approximate surface area is 122 Å². The van der Waals surface area contributed by atoms with E-state index in [1.54, 1.807) is 17.4 Å². The summed E-state index contributed by atoms with van der Waals surface area (Å²) in [6.45, 7) is 6.03. The molecule has 0 saturated heterocycles. The second-order valence-electron chi connectivity index (χ2n) is 4.52. The van der Waals surface area contributed by atoms with Crippen molar-refractivity contribution in [3.63, 3.8) is 0 Å². The van der Waals surface area contributed by atoms with Crippen LogP contribution < -0.4 is 10.3 Å². The van der Waals surface area contributed by atoms with Gasteiger partial charge in [0, 0.05) is 33.6 Å². The van der Waals surface area contributed by atoms with Crippen LogP contribution >= 0.6 is 22.9 Å². The number of hydrogen-bond acceptors (Lipinski definition) is 3. The molecule has 2 nitrogen and oxygen atoms in total. The zero-order chi connectivity index (χ0) is 13.8. The van der Waals surface area contributed by atoms with Crippen LogP contribution in [0, 0.1) is 0 Å². The van der Waals surface area contributed by atoms with Gasteiger partial charge < -0.3 is 4.90 Å². The standard InChI is InChI=1S/C15H18ClNOS/c1-3-5-8-17(4-2)13-10-19-14-7-6-11(16)9-12(14)15(13)18/h6-7,9-10H,3-5,8H2,1-2H3. The van der Waals surface area contributed by atoms with E-state index in [0.29, 0.717) is 5.02 Å². The molecule has 102 valence electrons. The summed E-state index contributed by atoms with van der Waals surface area (Å²) in [5.41, 5.74) is 0.893. The Morgan fingerprint density at radius 3 is 2.79 bits per heavy atom. The zero-order valence-corrected chi connectivity index (χ0v) is 12.9. The molecule has 0 spiro atoms. The molecule has 0 atom stereocenters. The van der Waals surface area contributed by atoms with Crippen LogP contribution in [0.2, 0.25) is 5.02 Å². The predicted octanol–water partition coefficient (Wildman–Crippen LogP) is 4.54. The van der Waals surface area contributed by atoms with Gasteiger partial charge in [0.2, 0.25) is 5.43 Å². The molecule has 0 radical (unpaired) electrons. The van der Waals surface area contributed by atoms with Crippen molar-refractivity contribution < 1.29 is 0 Å². The minimum absolute atomic E-state index is 0.0919. The van der Waals surface area contributed by atoms with E-state index in [4.69, 9.17) is 11.6 Å². The van der Waals surface area contributed by atoms with Crippen LogP contribution in [0.15, 0.2) is 28.4 Å². The summed E-state index contributed by atoms with van der Waals surface area (Å²) in [5.74, 6) is 0. The van der Waals surface area contributed by atoms with Crippen LogP contribution in [0.5, 0.6) is 0 Å². The first kappa shape index (κ1) is 14.4. The van der Waals surface area contributed by atoms with Crippen molar-refractivity contribution >= 4 is 38.7 Å². The van der Waals surface area contributed by atoms with E-state index in [1.165, 1.54) is 0 Å². The predicted molar refractivity (Wildman–Crippen MR) is 85.9 cm³/mol. The Bertz CT molecular complexity index is 623. The monoisotopic (exact) mass is 295 g/mol. The summed E-state index contributed by atoms with van der Waals surface area (Å²) >= 11 is 7.60. The normalized spacial score (nSPS) is 10.9. The molecular formula is C15H18ClNOS. The van der Waals surface area contributed by atoms with E-state index in [0.717, 1.165) is 41.7 Å².